The molecule has 0 aliphatic heterocycles. The van der Waals surface area contributed by atoms with Crippen molar-refractivity contribution in [2.75, 3.05) is 6.61 Å². The molecule has 0 fully saturated rings. The Kier molecular flexibility index (Phi) is 11.7. The summed E-state index contributed by atoms with van der Waals surface area (Å²) in [5, 5.41) is 0. The smallest absolute Gasteiger partial charge is 0.247 e. The summed E-state index contributed by atoms with van der Waals surface area (Å²) >= 11 is 6.32. The number of hydrogen-bond donors (Lipinski definition) is 0. The molecule has 0 bridgehead atoms. The predicted octanol–water partition coefficient (Wildman–Crippen LogP) is 7.89. The summed E-state index contributed by atoms with van der Waals surface area (Å²) in [5.74, 6) is -10.1. The first kappa shape index (κ1) is 26.8. The van der Waals surface area contributed by atoms with E-state index in [1.54, 1.807) is 6.92 Å². The Hall–Kier alpha value is -0.210. The number of hydrogen-bond acceptors (Lipinski definition) is 4. The van der Waals surface area contributed by atoms with E-state index in [0.717, 1.165) is 37.1 Å². The molecule has 0 aromatic heterocycles. The van der Waals surface area contributed by atoms with Crippen molar-refractivity contribution in [3.63, 3.8) is 0 Å². The average Bonchev–Trinajstić information content (AvgIpc) is 2.70. The van der Waals surface area contributed by atoms with Crippen LogP contribution in [0.1, 0.15) is 65.4 Å². The second-order valence-corrected chi connectivity index (χ2v) is 13.1. The molecule has 1 rings (SSSR count). The highest BCUT2D eigenvalue weighted by molar-refractivity contribution is 8.67. The van der Waals surface area contributed by atoms with Crippen molar-refractivity contribution in [3.8, 4) is 0 Å². The normalized spacial score (nSPS) is 15.9. The van der Waals surface area contributed by atoms with Crippen LogP contribution in [-0.2, 0) is 26.6 Å². The van der Waals surface area contributed by atoms with Gasteiger partial charge in [0.2, 0.25) is 11.5 Å². The van der Waals surface area contributed by atoms with Gasteiger partial charge in [-0.1, -0.05) is 51.4 Å². The van der Waals surface area contributed by atoms with E-state index in [2.05, 4.69) is 6.92 Å². The fraction of sp³-hybridized carbons (Fsp3) is 0.684. The molecule has 0 spiro atoms. The van der Waals surface area contributed by atoms with Crippen molar-refractivity contribution in [1.82, 2.24) is 0 Å². The summed E-state index contributed by atoms with van der Waals surface area (Å²) in [4.78, 5) is 0. The van der Waals surface area contributed by atoms with E-state index < -0.39 is 46.1 Å². The number of rotatable bonds is 13. The molecule has 0 aliphatic rings. The Bertz CT molecular complexity index is 691. The second kappa shape index (κ2) is 12.6. The van der Waals surface area contributed by atoms with Crippen molar-refractivity contribution in [2.24, 2.45) is 5.92 Å². The minimum Gasteiger partial charge on any atom is -0.321 e. The topological polar surface area (TPSA) is 18.5 Å². The van der Waals surface area contributed by atoms with Gasteiger partial charge in [-0.25, -0.2) is 22.0 Å². The number of unbranched alkanes of at least 4 members (excludes halogenated alkanes) is 1. The average molecular weight is 479 g/mol. The van der Waals surface area contributed by atoms with Crippen molar-refractivity contribution >= 4 is 28.9 Å². The molecule has 0 heterocycles. The van der Waals surface area contributed by atoms with Crippen LogP contribution in [0.5, 0.6) is 0 Å². The van der Waals surface area contributed by atoms with Crippen molar-refractivity contribution < 1.29 is 31.0 Å². The standard InChI is InChI=1S/C19H28F5O2PS2/c1-5-8-9-13(7-3)10-25-27(28,26-12(4)6-2)29-11-14-15(20)17(22)19(24)18(23)16(14)21/h12-13H,5-11H2,1-4H3. The van der Waals surface area contributed by atoms with Crippen molar-refractivity contribution in [1.29, 1.82) is 0 Å². The van der Waals surface area contributed by atoms with E-state index in [4.69, 9.17) is 20.9 Å². The Morgan fingerprint density at radius 2 is 1.48 bits per heavy atom. The Labute approximate surface area is 178 Å². The SMILES string of the molecule is CCCCC(CC)COP(=S)(OC(C)CC)SCc1c(F)c(F)c(F)c(F)c1F. The van der Waals surface area contributed by atoms with E-state index in [1.165, 1.54) is 0 Å². The first-order valence-corrected chi connectivity index (χ1v) is 13.9. The van der Waals surface area contributed by atoms with Crippen LogP contribution < -0.4 is 0 Å². The fourth-order valence-corrected chi connectivity index (χ4v) is 7.12. The van der Waals surface area contributed by atoms with Gasteiger partial charge in [0, 0.05) is 11.3 Å². The van der Waals surface area contributed by atoms with Crippen LogP contribution >= 0.6 is 17.1 Å². The first-order chi connectivity index (χ1) is 13.6. The van der Waals surface area contributed by atoms with Crippen LogP contribution in [0, 0.1) is 35.0 Å². The van der Waals surface area contributed by atoms with Gasteiger partial charge >= 0.3 is 0 Å². The highest BCUT2D eigenvalue weighted by Gasteiger charge is 2.29. The fourth-order valence-electron chi connectivity index (χ4n) is 2.41. The van der Waals surface area contributed by atoms with Gasteiger partial charge in [-0.15, -0.1) is 0 Å². The first-order valence-electron chi connectivity index (χ1n) is 9.67. The third kappa shape index (κ3) is 7.76. The zero-order valence-corrected chi connectivity index (χ0v) is 19.6. The van der Waals surface area contributed by atoms with Gasteiger partial charge in [-0.2, -0.15) is 0 Å². The number of halogens is 5. The largest absolute Gasteiger partial charge is 0.321 e. The van der Waals surface area contributed by atoms with E-state index in [9.17, 15) is 22.0 Å². The van der Waals surface area contributed by atoms with Crippen LogP contribution in [-0.4, -0.2) is 12.7 Å². The molecule has 0 saturated heterocycles. The molecule has 168 valence electrons. The monoisotopic (exact) mass is 478 g/mol. The van der Waals surface area contributed by atoms with Gasteiger partial charge in [0.15, 0.2) is 23.3 Å². The summed E-state index contributed by atoms with van der Waals surface area (Å²) in [5.41, 5.74) is -3.98. The molecule has 3 atom stereocenters. The van der Waals surface area contributed by atoms with Crippen LogP contribution in [0.25, 0.3) is 0 Å². The molecule has 0 amide bonds. The molecular formula is C19H28F5O2PS2. The van der Waals surface area contributed by atoms with Crippen molar-refractivity contribution in [3.05, 3.63) is 34.6 Å². The Morgan fingerprint density at radius 1 is 0.931 bits per heavy atom. The van der Waals surface area contributed by atoms with Gasteiger partial charge in [-0.3, -0.25) is 0 Å². The van der Waals surface area contributed by atoms with Gasteiger partial charge in [0.25, 0.3) is 0 Å². The lowest BCUT2D eigenvalue weighted by Crippen LogP contribution is -2.11. The second-order valence-electron chi connectivity index (χ2n) is 6.81. The summed E-state index contributed by atoms with van der Waals surface area (Å²) in [6, 6.07) is 0. The Morgan fingerprint density at radius 3 is 1.97 bits per heavy atom. The van der Waals surface area contributed by atoms with Gasteiger partial charge in [-0.05, 0) is 37.5 Å². The van der Waals surface area contributed by atoms with Gasteiger partial charge in [0.05, 0.1) is 12.7 Å². The van der Waals surface area contributed by atoms with Crippen LogP contribution in [0.3, 0.4) is 0 Å². The third-order valence-corrected chi connectivity index (χ3v) is 9.81. The van der Waals surface area contributed by atoms with Gasteiger partial charge < -0.3 is 9.05 Å². The van der Waals surface area contributed by atoms with Crippen molar-refractivity contribution in [2.45, 2.75) is 71.7 Å². The molecule has 10 heteroatoms. The lowest BCUT2D eigenvalue weighted by molar-refractivity contribution is 0.176. The number of benzene rings is 1. The maximum Gasteiger partial charge on any atom is 0.247 e. The molecule has 1 aromatic carbocycles. The molecule has 29 heavy (non-hydrogen) atoms. The molecular weight excluding hydrogens is 450 g/mol. The lowest BCUT2D eigenvalue weighted by atomic mass is 10.0. The van der Waals surface area contributed by atoms with E-state index in [-0.39, 0.29) is 12.0 Å². The predicted molar refractivity (Wildman–Crippen MR) is 112 cm³/mol. The molecule has 0 aliphatic carbocycles. The Balaban J connectivity index is 3.01. The molecule has 3 unspecified atom stereocenters. The zero-order valence-electron chi connectivity index (χ0n) is 17.1. The highest BCUT2D eigenvalue weighted by Crippen LogP contribution is 2.63. The maximum atomic E-state index is 14.0. The van der Waals surface area contributed by atoms with Crippen LogP contribution in [0.4, 0.5) is 22.0 Å². The molecule has 0 radical (unpaired) electrons. The van der Waals surface area contributed by atoms with Crippen LogP contribution in [0.15, 0.2) is 0 Å². The quantitative estimate of drug-likeness (QED) is 0.124. The van der Waals surface area contributed by atoms with Gasteiger partial charge in [0.1, 0.15) is 0 Å². The minimum absolute atomic E-state index is 0.257. The van der Waals surface area contributed by atoms with E-state index in [0.29, 0.717) is 13.0 Å². The minimum atomic E-state index is -3.06. The zero-order chi connectivity index (χ0) is 22.2. The summed E-state index contributed by atoms with van der Waals surface area (Å²) in [6.45, 7) is 8.12. The summed E-state index contributed by atoms with van der Waals surface area (Å²) < 4.78 is 79.8. The molecule has 1 aromatic rings. The molecule has 0 saturated carbocycles. The molecule has 0 N–H and O–H groups in total. The van der Waals surface area contributed by atoms with Crippen LogP contribution in [0.2, 0.25) is 0 Å². The highest BCUT2D eigenvalue weighted by atomic mass is 32.9. The third-order valence-electron chi connectivity index (χ3n) is 4.56. The molecule has 2 nitrogen and oxygen atoms in total. The summed E-state index contributed by atoms with van der Waals surface area (Å²) in [7, 11) is 0. The maximum absolute atomic E-state index is 14.0. The van der Waals surface area contributed by atoms with E-state index >= 15 is 0 Å². The summed E-state index contributed by atoms with van der Waals surface area (Å²) in [6.07, 6.45) is 4.28. The van der Waals surface area contributed by atoms with E-state index in [1.807, 2.05) is 13.8 Å². The lowest BCUT2D eigenvalue weighted by Gasteiger charge is -2.27.